The Bertz CT molecular complexity index is 459. The molecule has 1 aliphatic rings. The zero-order chi connectivity index (χ0) is 13.8. The normalized spacial score (nSPS) is 21.2. The maximum absolute atomic E-state index is 11.2. The highest BCUT2D eigenvalue weighted by molar-refractivity contribution is 5.75. The van der Waals surface area contributed by atoms with Gasteiger partial charge in [-0.25, -0.2) is 0 Å². The van der Waals surface area contributed by atoms with Gasteiger partial charge in [0.15, 0.2) is 0 Å². The smallest absolute Gasteiger partial charge is 0.219 e. The molecular formula is C15H21NO3. The summed E-state index contributed by atoms with van der Waals surface area (Å²) in [4.78, 5) is 11.2. The number of carbonyl (C=O) groups is 1. The number of aliphatic hydroxyl groups is 1. The summed E-state index contributed by atoms with van der Waals surface area (Å²) < 4.78 is 0. The molecular weight excluding hydrogens is 242 g/mol. The Kier molecular flexibility index (Phi) is 4.43. The van der Waals surface area contributed by atoms with Crippen LogP contribution in [0.3, 0.4) is 0 Å². The molecule has 3 N–H and O–H groups in total. The van der Waals surface area contributed by atoms with Crippen LogP contribution in [-0.2, 0) is 11.2 Å². The number of aromatic hydroxyl groups is 1. The second kappa shape index (κ2) is 6.06. The molecule has 1 saturated carbocycles. The molecule has 2 rings (SSSR count). The quantitative estimate of drug-likeness (QED) is 0.729. The molecule has 1 fully saturated rings. The first-order chi connectivity index (χ1) is 9.17. The number of nitrogens with one attached hydrogen (secondary N) is 1. The maximum Gasteiger partial charge on any atom is 0.219 e. The molecule has 19 heavy (non-hydrogen) atoms. The highest BCUT2D eigenvalue weighted by atomic mass is 16.3. The van der Waals surface area contributed by atoms with Crippen LogP contribution in [0.15, 0.2) is 18.2 Å². The van der Waals surface area contributed by atoms with Crippen molar-refractivity contribution in [2.24, 2.45) is 5.92 Å². The van der Waals surface area contributed by atoms with Crippen LogP contribution in [0.5, 0.6) is 5.75 Å². The molecule has 4 nitrogen and oxygen atoms in total. The van der Waals surface area contributed by atoms with E-state index >= 15 is 0 Å². The lowest BCUT2D eigenvalue weighted by Crippen LogP contribution is -2.24. The lowest BCUT2D eigenvalue weighted by atomic mass is 9.98. The predicted octanol–water partition coefficient (Wildman–Crippen LogP) is 1.56. The molecule has 0 radical (unpaired) electrons. The van der Waals surface area contributed by atoms with Gasteiger partial charge in [0.2, 0.25) is 5.91 Å². The maximum atomic E-state index is 11.2. The second-order valence-electron chi connectivity index (χ2n) is 5.08. The fourth-order valence-corrected chi connectivity index (χ4v) is 2.55. The largest absolute Gasteiger partial charge is 0.508 e. The van der Waals surface area contributed by atoms with Crippen molar-refractivity contribution in [2.45, 2.75) is 32.1 Å². The molecule has 1 amide bonds. The third-order valence-electron chi connectivity index (χ3n) is 3.75. The van der Waals surface area contributed by atoms with E-state index in [9.17, 15) is 9.90 Å². The lowest BCUT2D eigenvalue weighted by molar-refractivity contribution is -0.120. The van der Waals surface area contributed by atoms with Gasteiger partial charge in [0.05, 0.1) is 0 Å². The van der Waals surface area contributed by atoms with Gasteiger partial charge in [-0.05, 0) is 41.9 Å². The van der Waals surface area contributed by atoms with Crippen molar-refractivity contribution in [3.05, 3.63) is 29.3 Å². The van der Waals surface area contributed by atoms with Gasteiger partial charge in [-0.15, -0.1) is 0 Å². The topological polar surface area (TPSA) is 69.6 Å². The predicted molar refractivity (Wildman–Crippen MR) is 73.0 cm³/mol. The summed E-state index contributed by atoms with van der Waals surface area (Å²) in [5.41, 5.74) is 1.96. The molecule has 2 atom stereocenters. The van der Waals surface area contributed by atoms with Crippen molar-refractivity contribution >= 4 is 5.91 Å². The molecule has 0 aromatic heterocycles. The van der Waals surface area contributed by atoms with E-state index in [1.807, 2.05) is 19.1 Å². The van der Waals surface area contributed by atoms with Gasteiger partial charge >= 0.3 is 0 Å². The van der Waals surface area contributed by atoms with Crippen molar-refractivity contribution in [1.29, 1.82) is 0 Å². The standard InChI is InChI=1S/C15H21NO3/c1-2-15(19)16-9-10-8-13(10)11-4-3-5-14(18)12(11)6-7-17/h3-5,10,13,17-18H,2,6-9H2,1H3,(H,16,19)/t10-,13-/m0/s1. The number of phenols is 1. The molecule has 1 aromatic carbocycles. The first-order valence-corrected chi connectivity index (χ1v) is 6.85. The number of phenolic OH excluding ortho intramolecular Hbond substituents is 1. The van der Waals surface area contributed by atoms with Crippen LogP contribution in [0, 0.1) is 5.92 Å². The molecule has 0 aliphatic heterocycles. The van der Waals surface area contributed by atoms with Gasteiger partial charge in [0, 0.05) is 19.6 Å². The number of carbonyl (C=O) groups excluding carboxylic acids is 1. The third kappa shape index (κ3) is 3.26. The van der Waals surface area contributed by atoms with E-state index in [0.29, 0.717) is 31.2 Å². The molecule has 0 bridgehead atoms. The van der Waals surface area contributed by atoms with E-state index in [0.717, 1.165) is 17.5 Å². The first kappa shape index (κ1) is 13.9. The molecule has 1 aromatic rings. The molecule has 0 saturated heterocycles. The molecule has 104 valence electrons. The number of rotatable bonds is 6. The summed E-state index contributed by atoms with van der Waals surface area (Å²) in [6.07, 6.45) is 2.03. The lowest BCUT2D eigenvalue weighted by Gasteiger charge is -2.10. The summed E-state index contributed by atoms with van der Waals surface area (Å²) in [6.45, 7) is 2.58. The van der Waals surface area contributed by atoms with Crippen LogP contribution in [-0.4, -0.2) is 29.3 Å². The molecule has 4 heteroatoms. The average molecular weight is 263 g/mol. The minimum atomic E-state index is 0.0362. The van der Waals surface area contributed by atoms with Crippen LogP contribution in [0.25, 0.3) is 0 Å². The van der Waals surface area contributed by atoms with Crippen LogP contribution in [0.1, 0.15) is 36.8 Å². The first-order valence-electron chi connectivity index (χ1n) is 6.85. The van der Waals surface area contributed by atoms with E-state index in [1.54, 1.807) is 6.07 Å². The summed E-state index contributed by atoms with van der Waals surface area (Å²) in [5, 5.41) is 21.8. The minimum absolute atomic E-state index is 0.0362. The van der Waals surface area contributed by atoms with Crippen molar-refractivity contribution in [2.75, 3.05) is 13.2 Å². The van der Waals surface area contributed by atoms with Gasteiger partial charge in [-0.1, -0.05) is 19.1 Å². The Labute approximate surface area is 113 Å². The van der Waals surface area contributed by atoms with Gasteiger partial charge < -0.3 is 15.5 Å². The van der Waals surface area contributed by atoms with E-state index in [2.05, 4.69) is 5.32 Å². The van der Waals surface area contributed by atoms with Crippen LogP contribution >= 0.6 is 0 Å². The van der Waals surface area contributed by atoms with Gasteiger partial charge in [0.25, 0.3) is 0 Å². The number of aliphatic hydroxyl groups excluding tert-OH is 1. The molecule has 0 spiro atoms. The Morgan fingerprint density at radius 2 is 2.26 bits per heavy atom. The summed E-state index contributed by atoms with van der Waals surface area (Å²) in [7, 11) is 0. The molecule has 0 heterocycles. The van der Waals surface area contributed by atoms with Gasteiger partial charge in [-0.3, -0.25) is 4.79 Å². The molecule has 1 aliphatic carbocycles. The van der Waals surface area contributed by atoms with Crippen molar-refractivity contribution in [1.82, 2.24) is 5.32 Å². The van der Waals surface area contributed by atoms with E-state index < -0.39 is 0 Å². The zero-order valence-corrected chi connectivity index (χ0v) is 11.2. The van der Waals surface area contributed by atoms with Gasteiger partial charge in [-0.2, -0.15) is 0 Å². The van der Waals surface area contributed by atoms with Crippen molar-refractivity contribution < 1.29 is 15.0 Å². The Morgan fingerprint density at radius 3 is 2.95 bits per heavy atom. The fourth-order valence-electron chi connectivity index (χ4n) is 2.55. The Balaban J connectivity index is 2.00. The number of amides is 1. The van der Waals surface area contributed by atoms with Gasteiger partial charge in [0.1, 0.15) is 5.75 Å². The minimum Gasteiger partial charge on any atom is -0.508 e. The van der Waals surface area contributed by atoms with E-state index in [-0.39, 0.29) is 18.3 Å². The summed E-state index contributed by atoms with van der Waals surface area (Å²) >= 11 is 0. The van der Waals surface area contributed by atoms with E-state index in [1.165, 1.54) is 0 Å². The van der Waals surface area contributed by atoms with Crippen LogP contribution < -0.4 is 5.32 Å². The van der Waals surface area contributed by atoms with Crippen LogP contribution in [0.4, 0.5) is 0 Å². The second-order valence-corrected chi connectivity index (χ2v) is 5.08. The van der Waals surface area contributed by atoms with Crippen molar-refractivity contribution in [3.8, 4) is 5.75 Å². The Hall–Kier alpha value is -1.55. The number of hydrogen-bond donors (Lipinski definition) is 3. The Morgan fingerprint density at radius 1 is 1.47 bits per heavy atom. The van der Waals surface area contributed by atoms with Crippen molar-refractivity contribution in [3.63, 3.8) is 0 Å². The average Bonchev–Trinajstić information content (AvgIpc) is 3.18. The van der Waals surface area contributed by atoms with Crippen LogP contribution in [0.2, 0.25) is 0 Å². The third-order valence-corrected chi connectivity index (χ3v) is 3.75. The monoisotopic (exact) mass is 263 g/mol. The van der Waals surface area contributed by atoms with E-state index in [4.69, 9.17) is 5.11 Å². The highest BCUT2D eigenvalue weighted by Crippen LogP contribution is 2.49. The number of benzene rings is 1. The SMILES string of the molecule is CCC(=O)NC[C@@H]1C[C@@H]1c1cccc(O)c1CCO. The summed E-state index contributed by atoms with van der Waals surface area (Å²) in [5.74, 6) is 1.19. The number of hydrogen-bond acceptors (Lipinski definition) is 3. The molecule has 0 unspecified atom stereocenters. The fraction of sp³-hybridized carbons (Fsp3) is 0.533. The summed E-state index contributed by atoms with van der Waals surface area (Å²) in [6, 6.07) is 5.51. The zero-order valence-electron chi connectivity index (χ0n) is 11.2. The highest BCUT2D eigenvalue weighted by Gasteiger charge is 2.39.